The lowest BCUT2D eigenvalue weighted by Crippen LogP contribution is -2.56. The van der Waals surface area contributed by atoms with Gasteiger partial charge in [-0.2, -0.15) is 0 Å². The maximum Gasteiger partial charge on any atom is 0.137 e. The molecule has 4 bridgehead atoms. The van der Waals surface area contributed by atoms with Gasteiger partial charge in [-0.05, 0) is 167 Å². The second kappa shape index (κ2) is 14.9. The molecule has 0 atom stereocenters. The van der Waals surface area contributed by atoms with Gasteiger partial charge >= 0.3 is 0 Å². The van der Waals surface area contributed by atoms with Crippen LogP contribution in [0.25, 0.3) is 49.5 Å². The molecular weight excluding hydrogens is 853 g/mol. The van der Waals surface area contributed by atoms with E-state index in [2.05, 4.69) is 222 Å². The van der Waals surface area contributed by atoms with E-state index in [1.54, 1.807) is 0 Å². The summed E-state index contributed by atoms with van der Waals surface area (Å²) >= 11 is 0. The fourth-order valence-electron chi connectivity index (χ4n) is 15.0. The van der Waals surface area contributed by atoms with Gasteiger partial charge in [-0.1, -0.05) is 123 Å². The quantitative estimate of drug-likeness (QED) is 0.160. The number of ether oxygens (including phenoxy) is 1. The van der Waals surface area contributed by atoms with Crippen molar-refractivity contribution in [3.8, 4) is 28.4 Å². The van der Waals surface area contributed by atoms with Crippen LogP contribution < -0.4 is 14.5 Å². The van der Waals surface area contributed by atoms with Crippen molar-refractivity contribution < 1.29 is 4.74 Å². The van der Waals surface area contributed by atoms with Crippen molar-refractivity contribution in [3.05, 3.63) is 217 Å². The second-order valence-electron chi connectivity index (χ2n) is 21.6. The largest absolute Gasteiger partial charge is 0.457 e. The van der Waals surface area contributed by atoms with Crippen LogP contribution in [0.1, 0.15) is 68.2 Å². The molecule has 70 heavy (non-hydrogen) atoms. The van der Waals surface area contributed by atoms with Gasteiger partial charge in [0.25, 0.3) is 0 Å². The summed E-state index contributed by atoms with van der Waals surface area (Å²) in [5.74, 6) is 5.49. The maximum atomic E-state index is 6.90. The first kappa shape index (κ1) is 40.3. The van der Waals surface area contributed by atoms with Crippen molar-refractivity contribution in [2.45, 2.75) is 56.8 Å². The van der Waals surface area contributed by atoms with Gasteiger partial charge < -0.3 is 14.5 Å². The molecule has 4 fully saturated rings. The Balaban J connectivity index is 0.793. The predicted octanol–water partition coefficient (Wildman–Crippen LogP) is 16.4. The van der Waals surface area contributed by atoms with E-state index in [0.717, 1.165) is 45.9 Å². The van der Waals surface area contributed by atoms with Crippen LogP contribution in [-0.4, -0.2) is 16.2 Å². The number of hydrogen-bond donors (Lipinski definition) is 0. The highest BCUT2D eigenvalue weighted by Crippen LogP contribution is 2.66. The molecule has 16 rings (SSSR count). The molecular formula is C65H54N4O. The number of hydrogen-bond acceptors (Lipinski definition) is 4. The number of fused-ring (bicyclic) bond motifs is 8. The number of benzene rings is 8. The van der Waals surface area contributed by atoms with Gasteiger partial charge in [-0.25, -0.2) is 4.98 Å². The van der Waals surface area contributed by atoms with Gasteiger partial charge in [0.05, 0.1) is 22.4 Å². The van der Waals surface area contributed by atoms with Gasteiger partial charge in [-0.15, -0.1) is 0 Å². The summed E-state index contributed by atoms with van der Waals surface area (Å²) in [7, 11) is 0. The van der Waals surface area contributed by atoms with E-state index in [-0.39, 0.29) is 10.8 Å². The Morgan fingerprint density at radius 2 is 1.13 bits per heavy atom. The zero-order chi connectivity index (χ0) is 46.3. The summed E-state index contributed by atoms with van der Waals surface area (Å²) in [5.41, 5.74) is 15.2. The smallest absolute Gasteiger partial charge is 0.137 e. The Kier molecular flexibility index (Phi) is 8.59. The molecule has 1 aliphatic heterocycles. The normalized spacial score (nSPS) is 22.5. The zero-order valence-electron chi connectivity index (χ0n) is 39.7. The Morgan fingerprint density at radius 3 is 1.96 bits per heavy atom. The van der Waals surface area contributed by atoms with Gasteiger partial charge in [-0.3, -0.25) is 4.57 Å². The molecule has 5 nitrogen and oxygen atoms in total. The standard InChI is InChI=1S/C65H54N4O/c1-64(2)56-20-7-5-18-52(56)53-27-25-48(38-58(53)64)68-40-67(60-23-9-10-24-61(60)68)47-15-12-16-49(37-47)70-50-26-28-55-54-19-6-8-22-59(54)69(62(55)39-50)63-36-44(29-30-66-63)65(45-32-41-31-42(34-45)35-46(65)33-41)57-21-11-14-43-13-3-4-17-51(43)57/h3-30,36-39,41-42,45-46H,31-35,40H2,1-2H3. The number of aromatic nitrogens is 2. The lowest BCUT2D eigenvalue weighted by atomic mass is 9.42. The van der Waals surface area contributed by atoms with Crippen LogP contribution in [0.15, 0.2) is 194 Å². The fourth-order valence-corrected chi connectivity index (χ4v) is 15.0. The zero-order valence-corrected chi connectivity index (χ0v) is 39.7. The molecule has 5 aliphatic carbocycles. The van der Waals surface area contributed by atoms with Crippen LogP contribution >= 0.6 is 0 Å². The first-order valence-corrected chi connectivity index (χ1v) is 25.5. The van der Waals surface area contributed by atoms with Crippen molar-refractivity contribution >= 4 is 55.3 Å². The topological polar surface area (TPSA) is 33.5 Å². The van der Waals surface area contributed by atoms with Crippen molar-refractivity contribution in [1.29, 1.82) is 0 Å². The van der Waals surface area contributed by atoms with Crippen molar-refractivity contribution in [2.24, 2.45) is 23.7 Å². The van der Waals surface area contributed by atoms with Crippen molar-refractivity contribution in [2.75, 3.05) is 16.5 Å². The molecule has 8 aromatic carbocycles. The average molecular weight is 907 g/mol. The summed E-state index contributed by atoms with van der Waals surface area (Å²) in [6, 6.07) is 69.6. The lowest BCUT2D eigenvalue weighted by Gasteiger charge is -2.62. The van der Waals surface area contributed by atoms with Gasteiger partial charge in [0.2, 0.25) is 0 Å². The Bertz CT molecular complexity index is 3730. The van der Waals surface area contributed by atoms with Crippen LogP contribution in [0, 0.1) is 23.7 Å². The van der Waals surface area contributed by atoms with Crippen LogP contribution in [0.2, 0.25) is 0 Å². The highest BCUT2D eigenvalue weighted by molar-refractivity contribution is 6.09. The molecule has 0 N–H and O–H groups in total. The van der Waals surface area contributed by atoms with E-state index in [1.165, 1.54) is 104 Å². The first-order valence-electron chi connectivity index (χ1n) is 25.5. The molecule has 3 heterocycles. The van der Waals surface area contributed by atoms with Crippen LogP contribution in [-0.2, 0) is 10.8 Å². The third-order valence-corrected chi connectivity index (χ3v) is 17.7. The summed E-state index contributed by atoms with van der Waals surface area (Å²) in [4.78, 5) is 10.1. The fraction of sp³-hybridized carbons (Fsp3) is 0.215. The number of nitrogens with zero attached hydrogens (tertiary/aromatic N) is 4. The molecule has 5 heteroatoms. The maximum absolute atomic E-state index is 6.90. The molecule has 0 saturated heterocycles. The van der Waals surface area contributed by atoms with E-state index < -0.39 is 0 Å². The van der Waals surface area contributed by atoms with Crippen LogP contribution in [0.4, 0.5) is 22.7 Å². The minimum absolute atomic E-state index is 0.0679. The molecule has 0 unspecified atom stereocenters. The van der Waals surface area contributed by atoms with Crippen molar-refractivity contribution in [1.82, 2.24) is 9.55 Å². The van der Waals surface area contributed by atoms with E-state index >= 15 is 0 Å². The highest BCUT2D eigenvalue weighted by Gasteiger charge is 2.59. The third kappa shape index (κ3) is 5.75. The van der Waals surface area contributed by atoms with E-state index in [4.69, 9.17) is 9.72 Å². The summed E-state index contributed by atoms with van der Waals surface area (Å²) in [5, 5.41) is 5.14. The molecule has 340 valence electrons. The number of rotatable bonds is 7. The summed E-state index contributed by atoms with van der Waals surface area (Å²) in [6.07, 6.45) is 8.78. The average Bonchev–Trinajstić information content (AvgIpc) is 4.02. The molecule has 2 aromatic heterocycles. The molecule has 6 aliphatic rings. The number of anilines is 4. The van der Waals surface area contributed by atoms with E-state index in [1.807, 2.05) is 0 Å². The van der Waals surface area contributed by atoms with Gasteiger partial charge in [0, 0.05) is 51.3 Å². The van der Waals surface area contributed by atoms with Gasteiger partial charge in [0.1, 0.15) is 24.0 Å². The minimum Gasteiger partial charge on any atom is -0.457 e. The van der Waals surface area contributed by atoms with E-state index in [0.29, 0.717) is 18.5 Å². The predicted molar refractivity (Wildman–Crippen MR) is 286 cm³/mol. The molecule has 0 spiro atoms. The third-order valence-electron chi connectivity index (χ3n) is 17.7. The summed E-state index contributed by atoms with van der Waals surface area (Å²) in [6.45, 7) is 5.40. The summed E-state index contributed by atoms with van der Waals surface area (Å²) < 4.78 is 9.29. The Hall–Kier alpha value is -7.63. The molecule has 0 radical (unpaired) electrons. The molecule has 4 saturated carbocycles. The minimum atomic E-state index is -0.0697. The monoisotopic (exact) mass is 906 g/mol. The van der Waals surface area contributed by atoms with Crippen molar-refractivity contribution in [3.63, 3.8) is 0 Å². The van der Waals surface area contributed by atoms with Crippen LogP contribution in [0.3, 0.4) is 0 Å². The first-order chi connectivity index (χ1) is 34.4. The van der Waals surface area contributed by atoms with Crippen LogP contribution in [0.5, 0.6) is 11.5 Å². The molecule has 10 aromatic rings. The Labute approximate surface area is 409 Å². The Morgan fingerprint density at radius 1 is 0.486 bits per heavy atom. The number of pyridine rings is 1. The van der Waals surface area contributed by atoms with E-state index in [9.17, 15) is 0 Å². The van der Waals surface area contributed by atoms with Gasteiger partial charge in [0.15, 0.2) is 0 Å². The second-order valence-corrected chi connectivity index (χ2v) is 21.6. The highest BCUT2D eigenvalue weighted by atomic mass is 16.5. The SMILES string of the molecule is CC1(C)c2ccccc2-c2ccc(N3CN(c4cccc(Oc5ccc6c7ccccc7n(-c7cc(C8(c9cccc%10ccccc9%10)C9CC%10CC(C9)CC8C%10)ccn7)c6c5)c4)c4ccccc43)cc21. The number of para-hydroxylation sites is 3. The lowest BCUT2D eigenvalue weighted by molar-refractivity contribution is -0.0412. The molecule has 0 amide bonds.